The van der Waals surface area contributed by atoms with Crippen molar-refractivity contribution in [1.82, 2.24) is 4.90 Å². The van der Waals surface area contributed by atoms with Gasteiger partial charge in [0, 0.05) is 0 Å². The molecule has 0 aliphatic carbocycles. The van der Waals surface area contributed by atoms with Crippen LogP contribution in [0.2, 0.25) is 0 Å². The predicted molar refractivity (Wildman–Crippen MR) is 171 cm³/mol. The van der Waals surface area contributed by atoms with Gasteiger partial charge in [-0.05, 0) is 20.8 Å². The molecule has 6 heteroatoms. The monoisotopic (exact) mass is 617 g/mol. The number of benzene rings is 4. The summed E-state index contributed by atoms with van der Waals surface area (Å²) in [5, 5.41) is 0.970. The molecule has 40 heavy (non-hydrogen) atoms. The molecule has 1 aliphatic heterocycles. The van der Waals surface area contributed by atoms with Crippen molar-refractivity contribution in [1.29, 1.82) is 0 Å². The van der Waals surface area contributed by atoms with E-state index in [0.717, 1.165) is 29.5 Å². The van der Waals surface area contributed by atoms with E-state index in [1.54, 1.807) is 4.90 Å². The van der Waals surface area contributed by atoms with Gasteiger partial charge in [-0.15, -0.1) is 0 Å². The van der Waals surface area contributed by atoms with Gasteiger partial charge in [0.1, 0.15) is 0 Å². The molecule has 0 N–H and O–H groups in total. The molecule has 0 aromatic heterocycles. The van der Waals surface area contributed by atoms with Gasteiger partial charge in [-0.2, -0.15) is 0 Å². The van der Waals surface area contributed by atoms with Gasteiger partial charge in [-0.3, -0.25) is 0 Å². The molecule has 208 valence electrons. The molecule has 4 aromatic carbocycles. The first-order valence-electron chi connectivity index (χ1n) is 13.8. The summed E-state index contributed by atoms with van der Waals surface area (Å²) in [6.07, 6.45) is 1.50. The fourth-order valence-corrected chi connectivity index (χ4v) is 13.2. The van der Waals surface area contributed by atoms with Gasteiger partial charge < -0.3 is 0 Å². The van der Waals surface area contributed by atoms with E-state index >= 15 is 0 Å². The van der Waals surface area contributed by atoms with Gasteiger partial charge in [0.25, 0.3) is 0 Å². The van der Waals surface area contributed by atoms with Crippen LogP contribution < -0.4 is 20.7 Å². The summed E-state index contributed by atoms with van der Waals surface area (Å²) in [6, 6.07) is 38.7. The van der Waals surface area contributed by atoms with E-state index in [1.807, 2.05) is 26.8 Å². The summed E-state index contributed by atoms with van der Waals surface area (Å²) in [7, 11) is 0. The summed E-state index contributed by atoms with van der Waals surface area (Å²) in [4.78, 5) is 14.3. The van der Waals surface area contributed by atoms with E-state index in [2.05, 4.69) is 119 Å². The van der Waals surface area contributed by atoms with E-state index in [9.17, 15) is 4.79 Å². The quantitative estimate of drug-likeness (QED) is 0.151. The predicted octanol–water partition coefficient (Wildman–Crippen LogP) is 7.55. The van der Waals surface area contributed by atoms with Gasteiger partial charge in [-0.25, -0.2) is 0 Å². The number of fused-ring (bicyclic) bond motifs is 1. The average Bonchev–Trinajstić information content (AvgIpc) is 3.40. The van der Waals surface area contributed by atoms with Crippen LogP contribution in [0.15, 0.2) is 109 Å². The zero-order valence-corrected chi connectivity index (χ0v) is 25.9. The van der Waals surface area contributed by atoms with Crippen LogP contribution >= 0.6 is 20.8 Å². The van der Waals surface area contributed by atoms with E-state index in [-0.39, 0.29) is 6.09 Å². The Morgan fingerprint density at radius 1 is 0.775 bits per heavy atom. The first-order valence-corrected chi connectivity index (χ1v) is 18.2. The maximum absolute atomic E-state index is 12.6. The van der Waals surface area contributed by atoms with Gasteiger partial charge in [0.2, 0.25) is 0 Å². The van der Waals surface area contributed by atoms with Crippen LogP contribution in [-0.2, 0) is 17.8 Å². The SMILES string of the molecule is CC(C)(C)OC(=O)N1Cc2ccc(OCCCP(Br)(c3ccccc3)(c3ccccc3)c3ccccc3)cc2C1. The second kappa shape index (κ2) is 11.4. The van der Waals surface area contributed by atoms with Crippen molar-refractivity contribution in [2.24, 2.45) is 0 Å². The Hall–Kier alpha value is -3.14. The molecule has 4 aromatic rings. The first kappa shape index (κ1) is 28.4. The van der Waals surface area contributed by atoms with Crippen LogP contribution in [0, 0.1) is 0 Å². The van der Waals surface area contributed by atoms with Gasteiger partial charge in [-0.1, -0.05) is 0 Å². The van der Waals surface area contributed by atoms with E-state index in [4.69, 9.17) is 9.47 Å². The van der Waals surface area contributed by atoms with Crippen molar-refractivity contribution in [2.45, 2.75) is 45.9 Å². The second-order valence-corrected chi connectivity index (χ2v) is 20.4. The standard InChI is InChI=1S/C34H37BrNO3P/c1-34(2,3)39-33(37)36-25-27-20-21-29(24-28(27)26-36)38-22-13-23-40(35,30-14-7-4-8-15-30,31-16-9-5-10-17-31)32-18-11-6-12-19-32/h4-12,14-21,24H,13,22-23,25-26H2,1-3H3. The van der Waals surface area contributed by atoms with Crippen LogP contribution in [0.5, 0.6) is 5.75 Å². The Labute approximate surface area is 246 Å². The molecule has 0 saturated heterocycles. The Kier molecular flexibility index (Phi) is 8.08. The van der Waals surface area contributed by atoms with Crippen LogP contribution in [-0.4, -0.2) is 29.4 Å². The Balaban J connectivity index is 1.35. The number of amides is 1. The van der Waals surface area contributed by atoms with Crippen LogP contribution in [0.4, 0.5) is 4.79 Å². The molecule has 0 atom stereocenters. The molecule has 1 amide bonds. The average molecular weight is 619 g/mol. The maximum atomic E-state index is 12.6. The zero-order chi connectivity index (χ0) is 28.2. The summed E-state index contributed by atoms with van der Waals surface area (Å²) in [6.45, 7) is 7.36. The van der Waals surface area contributed by atoms with Gasteiger partial charge in [0.15, 0.2) is 0 Å². The van der Waals surface area contributed by atoms with E-state index in [1.165, 1.54) is 15.9 Å². The minimum atomic E-state index is -2.96. The number of hydrogen-bond acceptors (Lipinski definition) is 3. The third-order valence-corrected chi connectivity index (χ3v) is 17.5. The summed E-state index contributed by atoms with van der Waals surface area (Å²) < 4.78 is 11.9. The Bertz CT molecular complexity index is 1360. The van der Waals surface area contributed by atoms with Crippen LogP contribution in [0.25, 0.3) is 0 Å². The van der Waals surface area contributed by atoms with E-state index < -0.39 is 10.9 Å². The molecule has 0 radical (unpaired) electrons. The van der Waals surface area contributed by atoms with Crippen molar-refractivity contribution >= 4 is 42.8 Å². The van der Waals surface area contributed by atoms with Crippen LogP contribution in [0.1, 0.15) is 38.3 Å². The third-order valence-electron chi connectivity index (χ3n) is 7.43. The van der Waals surface area contributed by atoms with Crippen molar-refractivity contribution in [3.8, 4) is 5.75 Å². The fraction of sp³-hybridized carbons (Fsp3) is 0.265. The Morgan fingerprint density at radius 2 is 1.27 bits per heavy atom. The molecule has 0 unspecified atom stereocenters. The second-order valence-electron chi connectivity index (χ2n) is 11.4. The third kappa shape index (κ3) is 5.68. The molecule has 1 aliphatic rings. The molecule has 5 rings (SSSR count). The number of nitrogens with zero attached hydrogens (tertiary/aromatic N) is 1. The molecule has 0 spiro atoms. The molecular formula is C34H37BrNO3P. The Morgan fingerprint density at radius 3 is 1.77 bits per heavy atom. The van der Waals surface area contributed by atoms with Gasteiger partial charge >= 0.3 is 226 Å². The fourth-order valence-electron chi connectivity index (χ4n) is 5.52. The summed E-state index contributed by atoms with van der Waals surface area (Å²) >= 11 is 4.51. The summed E-state index contributed by atoms with van der Waals surface area (Å²) in [5.74, 6) is 0.832. The number of carbonyl (C=O) groups is 1. The van der Waals surface area contributed by atoms with Crippen molar-refractivity contribution in [3.05, 3.63) is 120 Å². The zero-order valence-electron chi connectivity index (χ0n) is 23.4. The van der Waals surface area contributed by atoms with Crippen LogP contribution in [0.3, 0.4) is 0 Å². The summed E-state index contributed by atoms with van der Waals surface area (Å²) in [5.41, 5.74) is 1.74. The molecule has 0 bridgehead atoms. The van der Waals surface area contributed by atoms with Gasteiger partial charge in [0.05, 0.1) is 0 Å². The number of hydrogen-bond donors (Lipinski definition) is 0. The molecule has 4 nitrogen and oxygen atoms in total. The number of carbonyl (C=O) groups excluding carboxylic acids is 1. The molecular weight excluding hydrogens is 581 g/mol. The number of ether oxygens (including phenoxy) is 2. The van der Waals surface area contributed by atoms with E-state index in [0.29, 0.717) is 19.7 Å². The van der Waals surface area contributed by atoms with Crippen molar-refractivity contribution < 1.29 is 14.3 Å². The molecule has 0 fully saturated rings. The number of halogens is 1. The van der Waals surface area contributed by atoms with Crippen molar-refractivity contribution in [3.63, 3.8) is 0 Å². The first-order chi connectivity index (χ1) is 19.2. The molecule has 1 heterocycles. The molecule has 0 saturated carbocycles. The van der Waals surface area contributed by atoms with Crippen molar-refractivity contribution in [2.75, 3.05) is 12.8 Å². The topological polar surface area (TPSA) is 38.8 Å². The minimum absolute atomic E-state index is 0.280. The normalized spacial score (nSPS) is 14.2. The number of rotatable bonds is 8.